The van der Waals surface area contributed by atoms with E-state index in [1.54, 1.807) is 24.3 Å². The third kappa shape index (κ3) is 4.55. The zero-order chi connectivity index (χ0) is 21.0. The number of aromatic hydroxyl groups is 1. The second-order valence-corrected chi connectivity index (χ2v) is 6.50. The first-order valence-corrected chi connectivity index (χ1v) is 8.94. The summed E-state index contributed by atoms with van der Waals surface area (Å²) in [4.78, 5) is 16.3. The molecule has 0 saturated carbocycles. The van der Waals surface area contributed by atoms with Gasteiger partial charge in [0.2, 0.25) is 0 Å². The summed E-state index contributed by atoms with van der Waals surface area (Å²) in [6, 6.07) is 7.69. The number of hydrogen-bond acceptors (Lipinski definition) is 5. The molecule has 0 aliphatic rings. The maximum absolute atomic E-state index is 14.6. The first kappa shape index (κ1) is 20.8. The average molecular weight is 423 g/mol. The Hall–Kier alpha value is -2.97. The first-order chi connectivity index (χ1) is 13.9. The molecule has 3 rings (SSSR count). The van der Waals surface area contributed by atoms with Crippen molar-refractivity contribution in [1.82, 2.24) is 10.3 Å². The molecule has 1 amide bonds. The maximum Gasteiger partial charge on any atom is 0.256 e. The second-order valence-electron chi connectivity index (χ2n) is 6.07. The van der Waals surface area contributed by atoms with Crippen molar-refractivity contribution >= 4 is 28.4 Å². The monoisotopic (exact) mass is 422 g/mol. The summed E-state index contributed by atoms with van der Waals surface area (Å²) in [5.74, 6) is -3.94. The van der Waals surface area contributed by atoms with E-state index in [1.165, 1.54) is 7.11 Å². The molecule has 0 spiro atoms. The van der Waals surface area contributed by atoms with Gasteiger partial charge in [-0.15, -0.1) is 0 Å². The summed E-state index contributed by atoms with van der Waals surface area (Å²) in [6.45, 7) is 0.248. The van der Waals surface area contributed by atoms with Crippen LogP contribution in [0.3, 0.4) is 0 Å². The van der Waals surface area contributed by atoms with Crippen molar-refractivity contribution < 1.29 is 28.2 Å². The molecule has 152 valence electrons. The number of fused-ring (bicyclic) bond motifs is 1. The van der Waals surface area contributed by atoms with Gasteiger partial charge in [0.1, 0.15) is 23.4 Å². The van der Waals surface area contributed by atoms with Crippen molar-refractivity contribution in [2.24, 2.45) is 0 Å². The van der Waals surface area contributed by atoms with Crippen LogP contribution in [0.1, 0.15) is 15.9 Å². The average Bonchev–Trinajstić information content (AvgIpc) is 2.70. The smallest absolute Gasteiger partial charge is 0.256 e. The van der Waals surface area contributed by atoms with Crippen LogP contribution in [0.4, 0.5) is 8.78 Å². The number of amides is 1. The predicted molar refractivity (Wildman–Crippen MR) is 103 cm³/mol. The highest BCUT2D eigenvalue weighted by atomic mass is 35.5. The zero-order valence-corrected chi connectivity index (χ0v) is 16.1. The van der Waals surface area contributed by atoms with Crippen molar-refractivity contribution in [3.8, 4) is 11.5 Å². The molecule has 0 bridgehead atoms. The van der Waals surface area contributed by atoms with Crippen LogP contribution < -0.4 is 10.1 Å². The number of aromatic nitrogens is 1. The fourth-order valence-corrected chi connectivity index (χ4v) is 2.76. The Morgan fingerprint density at radius 3 is 2.66 bits per heavy atom. The minimum Gasteiger partial charge on any atom is -0.506 e. The molecule has 6 nitrogen and oxygen atoms in total. The summed E-state index contributed by atoms with van der Waals surface area (Å²) in [6.07, 6.45) is 1.02. The van der Waals surface area contributed by atoms with Crippen molar-refractivity contribution in [1.29, 1.82) is 0 Å². The molecular formula is C20H17ClF2N2O4. The van der Waals surface area contributed by atoms with Crippen LogP contribution in [0.15, 0.2) is 36.5 Å². The van der Waals surface area contributed by atoms with Crippen LogP contribution in [0, 0.1) is 11.6 Å². The van der Waals surface area contributed by atoms with Crippen LogP contribution in [0.2, 0.25) is 5.02 Å². The van der Waals surface area contributed by atoms with E-state index in [2.05, 4.69) is 10.3 Å². The number of nitrogens with zero attached hydrogens (tertiary/aromatic N) is 1. The molecule has 1 heterocycles. The number of rotatable bonds is 7. The Kier molecular flexibility index (Phi) is 6.46. The fourth-order valence-electron chi connectivity index (χ4n) is 2.64. The molecule has 0 fully saturated rings. The van der Waals surface area contributed by atoms with Gasteiger partial charge in [-0.05, 0) is 23.8 Å². The second kappa shape index (κ2) is 9.02. The molecule has 9 heteroatoms. The van der Waals surface area contributed by atoms with E-state index in [0.29, 0.717) is 5.02 Å². The maximum atomic E-state index is 14.6. The fraction of sp³-hybridized carbons (Fsp3) is 0.200. The highest BCUT2D eigenvalue weighted by Crippen LogP contribution is 2.34. The number of hydrogen-bond donors (Lipinski definition) is 2. The van der Waals surface area contributed by atoms with E-state index in [-0.39, 0.29) is 36.2 Å². The minimum absolute atomic E-state index is 0.0625. The van der Waals surface area contributed by atoms with Gasteiger partial charge in [0.05, 0.1) is 6.61 Å². The van der Waals surface area contributed by atoms with Gasteiger partial charge in [-0.2, -0.15) is 0 Å². The van der Waals surface area contributed by atoms with Crippen molar-refractivity contribution in [2.45, 2.75) is 6.54 Å². The van der Waals surface area contributed by atoms with E-state index in [1.807, 2.05) is 0 Å². The summed E-state index contributed by atoms with van der Waals surface area (Å²) in [7, 11) is 1.43. The Bertz CT molecular complexity index is 1050. The van der Waals surface area contributed by atoms with E-state index in [9.17, 15) is 18.7 Å². The van der Waals surface area contributed by atoms with E-state index in [0.717, 1.165) is 17.8 Å². The van der Waals surface area contributed by atoms with Gasteiger partial charge in [0.15, 0.2) is 17.4 Å². The van der Waals surface area contributed by atoms with Gasteiger partial charge in [-0.1, -0.05) is 23.7 Å². The van der Waals surface area contributed by atoms with E-state index >= 15 is 0 Å². The summed E-state index contributed by atoms with van der Waals surface area (Å²) in [5, 5.41) is 13.3. The number of nitrogens with one attached hydrogen (secondary N) is 1. The van der Waals surface area contributed by atoms with Gasteiger partial charge in [0, 0.05) is 30.3 Å². The molecule has 0 atom stereocenters. The molecular weight excluding hydrogens is 406 g/mol. The lowest BCUT2D eigenvalue weighted by Crippen LogP contribution is -2.23. The number of benzene rings is 2. The molecule has 29 heavy (non-hydrogen) atoms. The zero-order valence-electron chi connectivity index (χ0n) is 15.3. The standard InChI is InChI=1S/C20H17ClF2N2O4/c1-28-6-7-29-19-15(22)8-13-17(16(19)23)24-10-14(18(13)26)20(27)25-9-11-2-4-12(21)5-3-11/h2-5,8,10H,6-7,9H2,1H3,(H,24,26)(H,25,27). The predicted octanol–water partition coefficient (Wildman–Crippen LogP) is 3.83. The molecule has 1 aromatic heterocycles. The Morgan fingerprint density at radius 1 is 1.24 bits per heavy atom. The third-order valence-electron chi connectivity index (χ3n) is 4.13. The molecule has 2 N–H and O–H groups in total. The SMILES string of the molecule is COCCOc1c(F)cc2c(O)c(C(=O)NCc3ccc(Cl)cc3)cnc2c1F. The molecule has 0 aliphatic heterocycles. The topological polar surface area (TPSA) is 80.7 Å². The molecule has 0 radical (unpaired) electrons. The van der Waals surface area contributed by atoms with Gasteiger partial charge >= 0.3 is 0 Å². The highest BCUT2D eigenvalue weighted by Gasteiger charge is 2.22. The van der Waals surface area contributed by atoms with Crippen LogP contribution >= 0.6 is 11.6 Å². The van der Waals surface area contributed by atoms with Crippen molar-refractivity contribution in [3.63, 3.8) is 0 Å². The Morgan fingerprint density at radius 2 is 1.97 bits per heavy atom. The number of halogens is 3. The minimum atomic E-state index is -1.07. The van der Waals surface area contributed by atoms with Gasteiger partial charge < -0.3 is 19.9 Å². The summed E-state index contributed by atoms with van der Waals surface area (Å²) >= 11 is 5.81. The Balaban J connectivity index is 1.86. The lowest BCUT2D eigenvalue weighted by Gasteiger charge is -2.12. The lowest BCUT2D eigenvalue weighted by atomic mass is 10.1. The molecule has 2 aromatic carbocycles. The van der Waals surface area contributed by atoms with Crippen LogP contribution in [0.5, 0.6) is 11.5 Å². The third-order valence-corrected chi connectivity index (χ3v) is 4.38. The quantitative estimate of drug-likeness (QED) is 0.566. The van der Waals surface area contributed by atoms with Gasteiger partial charge in [-0.3, -0.25) is 9.78 Å². The molecule has 0 saturated heterocycles. The van der Waals surface area contributed by atoms with Gasteiger partial charge in [-0.25, -0.2) is 8.78 Å². The highest BCUT2D eigenvalue weighted by molar-refractivity contribution is 6.30. The Labute approximate surface area is 170 Å². The molecule has 0 aliphatic carbocycles. The normalized spacial score (nSPS) is 10.9. The van der Waals surface area contributed by atoms with Gasteiger partial charge in [0.25, 0.3) is 5.91 Å². The number of pyridine rings is 1. The number of methoxy groups -OCH3 is 1. The number of ether oxygens (including phenoxy) is 2. The van der Waals surface area contributed by atoms with Crippen LogP contribution in [-0.4, -0.2) is 36.3 Å². The first-order valence-electron chi connectivity index (χ1n) is 8.56. The summed E-state index contributed by atoms with van der Waals surface area (Å²) < 4.78 is 38.7. The summed E-state index contributed by atoms with van der Waals surface area (Å²) in [5.41, 5.74) is 0.259. The van der Waals surface area contributed by atoms with Crippen LogP contribution in [-0.2, 0) is 11.3 Å². The van der Waals surface area contributed by atoms with Crippen LogP contribution in [0.25, 0.3) is 10.9 Å². The molecule has 0 unspecified atom stereocenters. The largest absolute Gasteiger partial charge is 0.506 e. The van der Waals surface area contributed by atoms with E-state index < -0.39 is 29.0 Å². The van der Waals surface area contributed by atoms with Crippen molar-refractivity contribution in [2.75, 3.05) is 20.3 Å². The van der Waals surface area contributed by atoms with Crippen molar-refractivity contribution in [3.05, 3.63) is 64.3 Å². The molecule has 3 aromatic rings. The number of carbonyl (C=O) groups excluding carboxylic acids is 1. The number of carbonyl (C=O) groups is 1. The lowest BCUT2D eigenvalue weighted by molar-refractivity contribution is 0.0948. The van der Waals surface area contributed by atoms with E-state index in [4.69, 9.17) is 21.1 Å².